The Morgan fingerprint density at radius 3 is 2.75 bits per heavy atom. The van der Waals surface area contributed by atoms with Crippen molar-refractivity contribution in [1.82, 2.24) is 0 Å². The van der Waals surface area contributed by atoms with E-state index in [2.05, 4.69) is 19.9 Å². The molecule has 66 valence electrons. The summed E-state index contributed by atoms with van der Waals surface area (Å²) < 4.78 is 0. The molecular weight excluding hydrogens is 166 g/mol. The van der Waals surface area contributed by atoms with Gasteiger partial charge in [0, 0.05) is 9.75 Å². The minimum atomic E-state index is 0.776. The highest BCUT2D eigenvalue weighted by Gasteiger charge is 2.38. The van der Waals surface area contributed by atoms with Gasteiger partial charge >= 0.3 is 0 Å². The van der Waals surface area contributed by atoms with E-state index in [1.165, 1.54) is 16.2 Å². The van der Waals surface area contributed by atoms with Gasteiger partial charge in [-0.1, -0.05) is 0 Å². The third-order valence-corrected chi connectivity index (χ3v) is 3.69. The van der Waals surface area contributed by atoms with Gasteiger partial charge in [0.15, 0.2) is 0 Å². The molecule has 1 saturated carbocycles. The van der Waals surface area contributed by atoms with Crippen molar-refractivity contribution in [3.63, 3.8) is 0 Å². The van der Waals surface area contributed by atoms with Gasteiger partial charge in [-0.25, -0.2) is 0 Å². The Kier molecular flexibility index (Phi) is 1.97. The second-order valence-electron chi connectivity index (χ2n) is 3.71. The van der Waals surface area contributed by atoms with Gasteiger partial charge < -0.3 is 5.73 Å². The second-order valence-corrected chi connectivity index (χ2v) is 5.17. The van der Waals surface area contributed by atoms with Crippen molar-refractivity contribution >= 4 is 11.3 Å². The number of hydrogen-bond acceptors (Lipinski definition) is 2. The number of nitrogens with two attached hydrogens (primary N) is 1. The first-order chi connectivity index (χ1) is 5.72. The second kappa shape index (κ2) is 2.86. The predicted molar refractivity (Wildman–Crippen MR) is 53.7 cm³/mol. The molecule has 1 aliphatic carbocycles. The molecule has 2 N–H and O–H groups in total. The fraction of sp³-hybridized carbons (Fsp3) is 0.600. The van der Waals surface area contributed by atoms with Crippen LogP contribution in [0.2, 0.25) is 0 Å². The Morgan fingerprint density at radius 2 is 2.33 bits per heavy atom. The van der Waals surface area contributed by atoms with Gasteiger partial charge in [0.25, 0.3) is 0 Å². The summed E-state index contributed by atoms with van der Waals surface area (Å²) >= 11 is 1.91. The van der Waals surface area contributed by atoms with Crippen LogP contribution in [-0.4, -0.2) is 6.54 Å². The molecule has 12 heavy (non-hydrogen) atoms. The summed E-state index contributed by atoms with van der Waals surface area (Å²) in [5.74, 6) is 1.57. The first-order valence-corrected chi connectivity index (χ1v) is 5.31. The lowest BCUT2D eigenvalue weighted by atomic mass is 10.1. The van der Waals surface area contributed by atoms with Crippen LogP contribution >= 0.6 is 11.3 Å². The Balaban J connectivity index is 2.19. The topological polar surface area (TPSA) is 26.0 Å². The normalized spacial score (nSPS) is 27.6. The Bertz CT molecular complexity index is 290. The maximum Gasteiger partial charge on any atom is 0.00519 e. The molecule has 2 rings (SSSR count). The van der Waals surface area contributed by atoms with Crippen LogP contribution in [0.1, 0.15) is 27.7 Å². The van der Waals surface area contributed by atoms with Crippen LogP contribution in [0.3, 0.4) is 0 Å². The Morgan fingerprint density at radius 1 is 1.58 bits per heavy atom. The van der Waals surface area contributed by atoms with E-state index < -0.39 is 0 Å². The standard InChI is InChI=1S/C10H15NS/c1-6-3-9(7(2)12-6)10-4-8(10)5-11/h3,8,10H,4-5,11H2,1-2H3/t8-,10+/m0/s1. The molecular formula is C10H15NS. The van der Waals surface area contributed by atoms with Gasteiger partial charge in [-0.3, -0.25) is 0 Å². The molecule has 1 aromatic heterocycles. The van der Waals surface area contributed by atoms with E-state index in [1.54, 1.807) is 5.56 Å². The zero-order valence-electron chi connectivity index (χ0n) is 7.63. The van der Waals surface area contributed by atoms with Crippen molar-refractivity contribution in [3.05, 3.63) is 21.4 Å². The highest BCUT2D eigenvalue weighted by molar-refractivity contribution is 7.12. The van der Waals surface area contributed by atoms with Gasteiger partial charge in [-0.2, -0.15) is 0 Å². The Labute approximate surface area is 77.6 Å². The number of aryl methyl sites for hydroxylation is 2. The average Bonchev–Trinajstić information content (AvgIpc) is 2.72. The number of thiophene rings is 1. The molecule has 1 aromatic rings. The third kappa shape index (κ3) is 1.29. The molecule has 0 aromatic carbocycles. The summed E-state index contributed by atoms with van der Waals surface area (Å²) in [5, 5.41) is 0. The van der Waals surface area contributed by atoms with Gasteiger partial charge in [0.2, 0.25) is 0 Å². The highest BCUT2D eigenvalue weighted by atomic mass is 32.1. The van der Waals surface area contributed by atoms with Gasteiger partial charge in [-0.15, -0.1) is 11.3 Å². The largest absolute Gasteiger partial charge is 0.330 e. The molecule has 0 saturated heterocycles. The monoisotopic (exact) mass is 181 g/mol. The van der Waals surface area contributed by atoms with E-state index in [9.17, 15) is 0 Å². The smallest absolute Gasteiger partial charge is 0.00519 e. The predicted octanol–water partition coefficient (Wildman–Crippen LogP) is 2.43. The first-order valence-electron chi connectivity index (χ1n) is 4.49. The van der Waals surface area contributed by atoms with Crippen molar-refractivity contribution in [2.75, 3.05) is 6.54 Å². The first kappa shape index (κ1) is 8.27. The zero-order valence-corrected chi connectivity index (χ0v) is 8.45. The van der Waals surface area contributed by atoms with E-state index in [0.717, 1.165) is 18.4 Å². The van der Waals surface area contributed by atoms with Crippen LogP contribution in [0.4, 0.5) is 0 Å². The van der Waals surface area contributed by atoms with Crippen molar-refractivity contribution in [2.45, 2.75) is 26.2 Å². The fourth-order valence-electron chi connectivity index (χ4n) is 1.91. The van der Waals surface area contributed by atoms with E-state index in [-0.39, 0.29) is 0 Å². The van der Waals surface area contributed by atoms with E-state index in [0.29, 0.717) is 0 Å². The summed E-state index contributed by atoms with van der Waals surface area (Å²) in [4.78, 5) is 2.93. The van der Waals surface area contributed by atoms with E-state index in [4.69, 9.17) is 5.73 Å². The SMILES string of the molecule is Cc1cc([C@@H]2C[C@H]2CN)c(C)s1. The molecule has 1 fully saturated rings. The number of hydrogen-bond donors (Lipinski definition) is 1. The average molecular weight is 181 g/mol. The molecule has 2 atom stereocenters. The molecule has 1 aliphatic rings. The lowest BCUT2D eigenvalue weighted by Crippen LogP contribution is -2.01. The van der Waals surface area contributed by atoms with Crippen molar-refractivity contribution < 1.29 is 0 Å². The van der Waals surface area contributed by atoms with Crippen molar-refractivity contribution in [3.8, 4) is 0 Å². The number of rotatable bonds is 2. The molecule has 0 unspecified atom stereocenters. The Hall–Kier alpha value is -0.340. The zero-order chi connectivity index (χ0) is 8.72. The van der Waals surface area contributed by atoms with Crippen LogP contribution in [0, 0.1) is 19.8 Å². The molecule has 0 aliphatic heterocycles. The molecule has 2 heteroatoms. The quantitative estimate of drug-likeness (QED) is 0.745. The molecule has 0 spiro atoms. The maximum atomic E-state index is 5.62. The van der Waals surface area contributed by atoms with E-state index >= 15 is 0 Å². The summed E-state index contributed by atoms with van der Waals surface area (Å²) in [6.07, 6.45) is 1.31. The van der Waals surface area contributed by atoms with Crippen LogP contribution in [0.15, 0.2) is 6.07 Å². The summed E-state index contributed by atoms with van der Waals surface area (Å²) in [6, 6.07) is 2.33. The molecule has 1 nitrogen and oxygen atoms in total. The summed E-state index contributed by atoms with van der Waals surface area (Å²) in [7, 11) is 0. The van der Waals surface area contributed by atoms with Crippen LogP contribution in [0.25, 0.3) is 0 Å². The minimum absolute atomic E-state index is 0.776. The van der Waals surface area contributed by atoms with Crippen LogP contribution in [-0.2, 0) is 0 Å². The van der Waals surface area contributed by atoms with Crippen molar-refractivity contribution in [2.24, 2.45) is 11.7 Å². The van der Waals surface area contributed by atoms with Crippen LogP contribution in [0.5, 0.6) is 0 Å². The molecule has 0 amide bonds. The third-order valence-electron chi connectivity index (χ3n) is 2.70. The van der Waals surface area contributed by atoms with E-state index in [1.807, 2.05) is 11.3 Å². The molecule has 0 radical (unpaired) electrons. The molecule has 0 bridgehead atoms. The lowest BCUT2D eigenvalue weighted by molar-refractivity contribution is 0.809. The fourth-order valence-corrected chi connectivity index (χ4v) is 2.90. The highest BCUT2D eigenvalue weighted by Crippen LogP contribution is 2.49. The van der Waals surface area contributed by atoms with Crippen LogP contribution < -0.4 is 5.73 Å². The minimum Gasteiger partial charge on any atom is -0.330 e. The van der Waals surface area contributed by atoms with Gasteiger partial charge in [0.05, 0.1) is 0 Å². The molecule has 1 heterocycles. The van der Waals surface area contributed by atoms with Gasteiger partial charge in [-0.05, 0) is 50.3 Å². The van der Waals surface area contributed by atoms with Crippen molar-refractivity contribution in [1.29, 1.82) is 0 Å². The van der Waals surface area contributed by atoms with Gasteiger partial charge in [0.1, 0.15) is 0 Å². The summed E-state index contributed by atoms with van der Waals surface area (Å²) in [6.45, 7) is 5.26. The maximum absolute atomic E-state index is 5.62. The summed E-state index contributed by atoms with van der Waals surface area (Å²) in [5.41, 5.74) is 7.18. The lowest BCUT2D eigenvalue weighted by Gasteiger charge is -1.95.